The van der Waals surface area contributed by atoms with Gasteiger partial charge in [-0.05, 0) is 48.7 Å². The van der Waals surface area contributed by atoms with Crippen molar-refractivity contribution in [2.75, 3.05) is 13.7 Å². The summed E-state index contributed by atoms with van der Waals surface area (Å²) in [5.74, 6) is -0.358. The van der Waals surface area contributed by atoms with Gasteiger partial charge in [0.2, 0.25) is 5.91 Å². The molecule has 9 heteroatoms. The van der Waals surface area contributed by atoms with Gasteiger partial charge >= 0.3 is 6.18 Å². The summed E-state index contributed by atoms with van der Waals surface area (Å²) < 4.78 is 43.2. The molecular formula is C21H20ClF3N2O3. The number of carbonyl (C=O) groups is 2. The van der Waals surface area contributed by atoms with Crippen LogP contribution in [-0.2, 0) is 17.5 Å². The standard InChI is InChI=1S/C21H20ClF3N2O3/c1-30-18-9-8-15(22)11-16(18)20(29)27-10-2-3-17(27)19(28)26-12-13-4-6-14(7-5-13)21(23,24)25/h4-9,11,17H,2-3,10,12H2,1H3,(H,26,28). The van der Waals surface area contributed by atoms with Crippen molar-refractivity contribution in [1.29, 1.82) is 0 Å². The fourth-order valence-corrected chi connectivity index (χ4v) is 3.58. The van der Waals surface area contributed by atoms with E-state index in [2.05, 4.69) is 5.32 Å². The fraction of sp³-hybridized carbons (Fsp3) is 0.333. The van der Waals surface area contributed by atoms with Gasteiger partial charge in [0.25, 0.3) is 5.91 Å². The molecule has 0 saturated carbocycles. The number of ether oxygens (including phenoxy) is 1. The van der Waals surface area contributed by atoms with Crippen LogP contribution in [0.15, 0.2) is 42.5 Å². The number of methoxy groups -OCH3 is 1. The largest absolute Gasteiger partial charge is 0.496 e. The highest BCUT2D eigenvalue weighted by molar-refractivity contribution is 6.31. The topological polar surface area (TPSA) is 58.6 Å². The van der Waals surface area contributed by atoms with Crippen molar-refractivity contribution in [3.63, 3.8) is 0 Å². The number of nitrogens with one attached hydrogen (secondary N) is 1. The summed E-state index contributed by atoms with van der Waals surface area (Å²) in [6.07, 6.45) is -3.26. The lowest BCUT2D eigenvalue weighted by atomic mass is 10.1. The Bertz CT molecular complexity index is 932. The Labute approximate surface area is 176 Å². The molecule has 1 heterocycles. The van der Waals surface area contributed by atoms with Crippen LogP contribution in [0.5, 0.6) is 5.75 Å². The summed E-state index contributed by atoms with van der Waals surface area (Å²) in [5, 5.41) is 3.08. The van der Waals surface area contributed by atoms with Crippen LogP contribution in [0.2, 0.25) is 5.02 Å². The Hall–Kier alpha value is -2.74. The first-order valence-electron chi connectivity index (χ1n) is 9.29. The van der Waals surface area contributed by atoms with Crippen molar-refractivity contribution in [2.45, 2.75) is 31.6 Å². The Morgan fingerprint density at radius 1 is 1.20 bits per heavy atom. The lowest BCUT2D eigenvalue weighted by Crippen LogP contribution is -2.45. The lowest BCUT2D eigenvalue weighted by Gasteiger charge is -2.25. The minimum absolute atomic E-state index is 0.0655. The SMILES string of the molecule is COc1ccc(Cl)cc1C(=O)N1CCCC1C(=O)NCc1ccc(C(F)(F)F)cc1. The summed E-state index contributed by atoms with van der Waals surface area (Å²) in [5.41, 5.74) is 0.0526. The number of hydrogen-bond donors (Lipinski definition) is 1. The molecule has 160 valence electrons. The average molecular weight is 441 g/mol. The minimum atomic E-state index is -4.41. The first-order chi connectivity index (χ1) is 14.2. The molecular weight excluding hydrogens is 421 g/mol. The van der Waals surface area contributed by atoms with Gasteiger partial charge in [0, 0.05) is 18.1 Å². The smallest absolute Gasteiger partial charge is 0.416 e. The maximum absolute atomic E-state index is 13.0. The molecule has 0 radical (unpaired) electrons. The third-order valence-electron chi connectivity index (χ3n) is 4.96. The van der Waals surface area contributed by atoms with E-state index in [4.69, 9.17) is 16.3 Å². The number of halogens is 4. The van der Waals surface area contributed by atoms with Crippen molar-refractivity contribution in [1.82, 2.24) is 10.2 Å². The zero-order valence-corrected chi connectivity index (χ0v) is 16.9. The van der Waals surface area contributed by atoms with Gasteiger partial charge in [-0.25, -0.2) is 0 Å². The number of carbonyl (C=O) groups excluding carboxylic acids is 2. The molecule has 2 amide bonds. The van der Waals surface area contributed by atoms with Gasteiger partial charge in [0.05, 0.1) is 18.2 Å². The van der Waals surface area contributed by atoms with Crippen molar-refractivity contribution in [2.24, 2.45) is 0 Å². The molecule has 1 atom stereocenters. The number of nitrogens with zero attached hydrogens (tertiary/aromatic N) is 1. The Balaban J connectivity index is 1.67. The Kier molecular flexibility index (Phi) is 6.55. The van der Waals surface area contributed by atoms with Crippen molar-refractivity contribution in [3.05, 3.63) is 64.2 Å². The van der Waals surface area contributed by atoms with Gasteiger partial charge < -0.3 is 15.0 Å². The molecule has 1 fully saturated rings. The van der Waals surface area contributed by atoms with E-state index >= 15 is 0 Å². The van der Waals surface area contributed by atoms with Crippen LogP contribution < -0.4 is 10.1 Å². The molecule has 1 aliphatic rings. The predicted molar refractivity (Wildman–Crippen MR) is 105 cm³/mol. The third-order valence-corrected chi connectivity index (χ3v) is 5.19. The lowest BCUT2D eigenvalue weighted by molar-refractivity contribution is -0.137. The van der Waals surface area contributed by atoms with Gasteiger partial charge in [0.15, 0.2) is 0 Å². The van der Waals surface area contributed by atoms with Gasteiger partial charge in [0.1, 0.15) is 11.8 Å². The summed E-state index contributed by atoms with van der Waals surface area (Å²) in [6, 6.07) is 8.60. The summed E-state index contributed by atoms with van der Waals surface area (Å²) in [4.78, 5) is 27.1. The van der Waals surface area contributed by atoms with Gasteiger partial charge in [-0.3, -0.25) is 9.59 Å². The maximum atomic E-state index is 13.0. The number of amides is 2. The van der Waals surface area contributed by atoms with E-state index in [1.54, 1.807) is 12.1 Å². The number of benzene rings is 2. The number of alkyl halides is 3. The average Bonchev–Trinajstić information content (AvgIpc) is 3.21. The van der Waals surface area contributed by atoms with E-state index in [1.165, 1.54) is 30.2 Å². The second-order valence-electron chi connectivity index (χ2n) is 6.91. The van der Waals surface area contributed by atoms with Crippen LogP contribution in [-0.4, -0.2) is 36.4 Å². The summed E-state index contributed by atoms with van der Waals surface area (Å²) in [7, 11) is 1.44. The van der Waals surface area contributed by atoms with E-state index in [9.17, 15) is 22.8 Å². The van der Waals surface area contributed by atoms with Crippen molar-refractivity contribution >= 4 is 23.4 Å². The fourth-order valence-electron chi connectivity index (χ4n) is 3.40. The second-order valence-corrected chi connectivity index (χ2v) is 7.35. The molecule has 1 N–H and O–H groups in total. The van der Waals surface area contributed by atoms with Crippen LogP contribution in [0.3, 0.4) is 0 Å². The minimum Gasteiger partial charge on any atom is -0.496 e. The van der Waals surface area contributed by atoms with Gasteiger partial charge in [-0.2, -0.15) is 13.2 Å². The van der Waals surface area contributed by atoms with Gasteiger partial charge in [-0.15, -0.1) is 0 Å². The molecule has 1 unspecified atom stereocenters. The quantitative estimate of drug-likeness (QED) is 0.754. The molecule has 2 aromatic rings. The van der Waals surface area contributed by atoms with E-state index in [0.29, 0.717) is 35.7 Å². The molecule has 1 saturated heterocycles. The van der Waals surface area contributed by atoms with E-state index in [1.807, 2.05) is 0 Å². The van der Waals surface area contributed by atoms with Crippen LogP contribution in [0.4, 0.5) is 13.2 Å². The molecule has 30 heavy (non-hydrogen) atoms. The van der Waals surface area contributed by atoms with Crippen LogP contribution in [0, 0.1) is 0 Å². The highest BCUT2D eigenvalue weighted by Crippen LogP contribution is 2.29. The van der Waals surface area contributed by atoms with E-state index in [-0.39, 0.29) is 23.9 Å². The van der Waals surface area contributed by atoms with Gasteiger partial charge in [-0.1, -0.05) is 23.7 Å². The first kappa shape index (κ1) is 22.0. The van der Waals surface area contributed by atoms with Crippen LogP contribution in [0.25, 0.3) is 0 Å². The number of likely N-dealkylation sites (tertiary alicyclic amines) is 1. The molecule has 0 spiro atoms. The molecule has 1 aliphatic heterocycles. The van der Waals surface area contributed by atoms with Crippen molar-refractivity contribution in [3.8, 4) is 5.75 Å². The predicted octanol–water partition coefficient (Wildman–Crippen LogP) is 4.29. The Morgan fingerprint density at radius 3 is 2.53 bits per heavy atom. The highest BCUT2D eigenvalue weighted by atomic mass is 35.5. The monoisotopic (exact) mass is 440 g/mol. The number of hydrogen-bond acceptors (Lipinski definition) is 3. The molecule has 5 nitrogen and oxygen atoms in total. The van der Waals surface area contributed by atoms with Crippen LogP contribution >= 0.6 is 11.6 Å². The normalized spacial score (nSPS) is 16.4. The third kappa shape index (κ3) is 4.87. The maximum Gasteiger partial charge on any atom is 0.416 e. The zero-order valence-electron chi connectivity index (χ0n) is 16.1. The number of rotatable bonds is 5. The molecule has 2 aromatic carbocycles. The van der Waals surface area contributed by atoms with E-state index in [0.717, 1.165) is 12.1 Å². The summed E-state index contributed by atoms with van der Waals surface area (Å²) >= 11 is 6.00. The van der Waals surface area contributed by atoms with Crippen molar-refractivity contribution < 1.29 is 27.5 Å². The molecule has 0 bridgehead atoms. The van der Waals surface area contributed by atoms with E-state index < -0.39 is 17.8 Å². The zero-order chi connectivity index (χ0) is 21.9. The summed E-state index contributed by atoms with van der Waals surface area (Å²) in [6.45, 7) is 0.475. The Morgan fingerprint density at radius 2 is 1.90 bits per heavy atom. The second kappa shape index (κ2) is 8.95. The first-order valence-corrected chi connectivity index (χ1v) is 9.67. The molecule has 3 rings (SSSR count). The molecule has 0 aromatic heterocycles. The molecule has 0 aliphatic carbocycles. The van der Waals surface area contributed by atoms with Crippen LogP contribution in [0.1, 0.15) is 34.3 Å². The highest BCUT2D eigenvalue weighted by Gasteiger charge is 2.35.